The number of halogens is 6. The summed E-state index contributed by atoms with van der Waals surface area (Å²) in [5.74, 6) is 0. The third kappa shape index (κ3) is 7.09. The molecule has 0 fully saturated rings. The van der Waals surface area contributed by atoms with Gasteiger partial charge in [-0.05, 0) is 90.2 Å². The molecule has 13 heteroatoms. The van der Waals surface area contributed by atoms with Crippen LogP contribution in [0, 0.1) is 0 Å². The van der Waals surface area contributed by atoms with Gasteiger partial charge in [0.15, 0.2) is 0 Å². The molecule has 0 saturated carbocycles. The van der Waals surface area contributed by atoms with Crippen LogP contribution >= 0.6 is 0 Å². The van der Waals surface area contributed by atoms with Crippen LogP contribution in [0.5, 0.6) is 0 Å². The van der Waals surface area contributed by atoms with Crippen LogP contribution < -0.4 is 0 Å². The predicted octanol–water partition coefficient (Wildman–Crippen LogP) is 9.00. The minimum atomic E-state index is -5.61. The Balaban J connectivity index is 0.000000321. The van der Waals surface area contributed by atoms with Gasteiger partial charge in [0.1, 0.15) is 0 Å². The van der Waals surface area contributed by atoms with Gasteiger partial charge in [-0.3, -0.25) is 0 Å². The van der Waals surface area contributed by atoms with Crippen molar-refractivity contribution in [1.82, 2.24) is 0 Å². The first-order chi connectivity index (χ1) is 20.4. The molecule has 244 valence electrons. The van der Waals surface area contributed by atoms with E-state index in [-0.39, 0.29) is 21.5 Å². The van der Waals surface area contributed by atoms with Crippen LogP contribution in [-0.4, -0.2) is 58.5 Å². The number of unbranched alkanes of at least 4 members (excludes halogenated alkanes) is 4. The third-order valence-electron chi connectivity index (χ3n) is 8.46. The summed E-state index contributed by atoms with van der Waals surface area (Å²) in [5.41, 5.74) is -11.0. The molecular formula is C31H38F6NO4S2+. The lowest BCUT2D eigenvalue weighted by molar-refractivity contribution is -0.923. The van der Waals surface area contributed by atoms with Gasteiger partial charge in [-0.1, -0.05) is 50.5 Å². The normalized spacial score (nSPS) is 13.5. The zero-order valence-electron chi connectivity index (χ0n) is 25.1. The minimum absolute atomic E-state index is 0.111. The molecule has 4 aromatic carbocycles. The van der Waals surface area contributed by atoms with Crippen molar-refractivity contribution in [3.8, 4) is 0 Å². The number of sulfone groups is 2. The number of alkyl halides is 6. The Hall–Kier alpha value is -2.64. The Kier molecular flexibility index (Phi) is 10.9. The summed E-state index contributed by atoms with van der Waals surface area (Å²) in [5, 5.41) is 1.06. The van der Waals surface area contributed by atoms with Gasteiger partial charge >= 0.3 is 11.0 Å². The summed E-state index contributed by atoms with van der Waals surface area (Å²) in [4.78, 5) is -1.94. The Morgan fingerprint density at radius 2 is 0.864 bits per heavy atom. The van der Waals surface area contributed by atoms with E-state index in [4.69, 9.17) is 0 Å². The second-order valence-corrected chi connectivity index (χ2v) is 14.8. The second-order valence-electron chi connectivity index (χ2n) is 10.9. The highest BCUT2D eigenvalue weighted by Crippen LogP contribution is 2.41. The van der Waals surface area contributed by atoms with Crippen LogP contribution in [0.25, 0.3) is 32.3 Å². The molecule has 4 rings (SSSR count). The van der Waals surface area contributed by atoms with Gasteiger partial charge in [0.25, 0.3) is 19.7 Å². The van der Waals surface area contributed by atoms with Crippen molar-refractivity contribution in [2.24, 2.45) is 0 Å². The molecule has 0 aliphatic heterocycles. The van der Waals surface area contributed by atoms with E-state index in [1.807, 2.05) is 0 Å². The van der Waals surface area contributed by atoms with E-state index in [0.717, 1.165) is 24.3 Å². The molecule has 0 bridgehead atoms. The highest BCUT2D eigenvalue weighted by atomic mass is 32.2. The molecule has 0 atom stereocenters. The molecule has 4 aromatic rings. The molecule has 0 unspecified atom stereocenters. The van der Waals surface area contributed by atoms with Crippen molar-refractivity contribution < 1.29 is 47.7 Å². The van der Waals surface area contributed by atoms with Crippen molar-refractivity contribution >= 4 is 52.0 Å². The predicted molar refractivity (Wildman–Crippen MR) is 162 cm³/mol. The minimum Gasteiger partial charge on any atom is -0.324 e. The second kappa shape index (κ2) is 13.4. The van der Waals surface area contributed by atoms with Crippen molar-refractivity contribution in [2.75, 3.05) is 26.2 Å². The summed E-state index contributed by atoms with van der Waals surface area (Å²) >= 11 is 0. The lowest BCUT2D eigenvalue weighted by Crippen LogP contribution is -2.48. The summed E-state index contributed by atoms with van der Waals surface area (Å²) in [6.07, 6.45) is 7.08. The van der Waals surface area contributed by atoms with Crippen molar-refractivity contribution in [3.05, 3.63) is 48.5 Å². The Morgan fingerprint density at radius 1 is 0.545 bits per heavy atom. The number of hydrogen-bond acceptors (Lipinski definition) is 4. The van der Waals surface area contributed by atoms with Gasteiger partial charge in [0.05, 0.1) is 36.0 Å². The zero-order valence-corrected chi connectivity index (χ0v) is 26.8. The zero-order chi connectivity index (χ0) is 33.1. The van der Waals surface area contributed by atoms with E-state index in [1.165, 1.54) is 87.0 Å². The molecular weight excluding hydrogens is 628 g/mol. The quantitative estimate of drug-likeness (QED) is 0.0694. The molecule has 5 nitrogen and oxygen atoms in total. The first kappa shape index (κ1) is 35.8. The van der Waals surface area contributed by atoms with Gasteiger partial charge in [-0.15, -0.1) is 0 Å². The van der Waals surface area contributed by atoms with Gasteiger partial charge < -0.3 is 4.48 Å². The molecule has 0 radical (unpaired) electrons. The number of nitrogens with zero attached hydrogens (tertiary/aromatic N) is 1. The fourth-order valence-electron chi connectivity index (χ4n) is 5.55. The van der Waals surface area contributed by atoms with Crippen LogP contribution in [-0.2, 0) is 19.7 Å². The van der Waals surface area contributed by atoms with E-state index in [0.29, 0.717) is 10.8 Å². The van der Waals surface area contributed by atoms with Crippen LogP contribution in [0.1, 0.15) is 59.8 Å². The largest absolute Gasteiger partial charge is 0.501 e. The van der Waals surface area contributed by atoms with Gasteiger partial charge in [0.2, 0.25) is 0 Å². The maximum atomic E-state index is 12.9. The van der Waals surface area contributed by atoms with Crippen LogP contribution in [0.3, 0.4) is 0 Å². The molecule has 0 heterocycles. The average Bonchev–Trinajstić information content (AvgIpc) is 2.97. The molecule has 0 N–H and O–H groups in total. The van der Waals surface area contributed by atoms with E-state index >= 15 is 0 Å². The summed E-state index contributed by atoms with van der Waals surface area (Å²) in [6.45, 7) is 14.6. The van der Waals surface area contributed by atoms with E-state index in [9.17, 15) is 43.2 Å². The van der Waals surface area contributed by atoms with Crippen LogP contribution in [0.4, 0.5) is 26.3 Å². The number of benzene rings is 4. The molecule has 0 amide bonds. The maximum absolute atomic E-state index is 12.9. The number of hydrogen-bond donors (Lipinski definition) is 0. The Bertz CT molecular complexity index is 1600. The SMILES string of the molecule is CCCCCCC[N+](CC)(CC)CC.O=S(=O)(c1cc2ccc3cc(S(=O)(=O)C(F)(F)F)cc4ccc(c1)c2c34)C(F)(F)F. The highest BCUT2D eigenvalue weighted by Gasteiger charge is 2.48. The van der Waals surface area contributed by atoms with Crippen molar-refractivity contribution in [2.45, 2.75) is 80.6 Å². The van der Waals surface area contributed by atoms with Crippen LogP contribution in [0.15, 0.2) is 58.3 Å². The van der Waals surface area contributed by atoms with Gasteiger partial charge in [-0.2, -0.15) is 26.3 Å². The van der Waals surface area contributed by atoms with E-state index in [1.54, 1.807) is 0 Å². The standard InChI is InChI=1S/C18H8F6O4S2.C13H30N/c19-17(20,21)29(25,26)13-5-9-1-2-10-6-14(30(27,28)18(22,23)24)8-12-4-3-11(7-13)15(9)16(10)12;1-5-9-10-11-12-13-14(6-2,7-3)8-4/h1-8H;5-13H2,1-4H3/q;+1. The lowest BCUT2D eigenvalue weighted by atomic mass is 9.94. The number of quaternary nitrogens is 1. The van der Waals surface area contributed by atoms with Crippen LogP contribution in [0.2, 0.25) is 0 Å². The van der Waals surface area contributed by atoms with Crippen molar-refractivity contribution in [3.63, 3.8) is 0 Å². The summed E-state index contributed by atoms with van der Waals surface area (Å²) < 4.78 is 126. The maximum Gasteiger partial charge on any atom is 0.501 e. The fourth-order valence-corrected chi connectivity index (χ4v) is 7.22. The molecule has 0 aliphatic carbocycles. The monoisotopic (exact) mass is 666 g/mol. The lowest BCUT2D eigenvalue weighted by Gasteiger charge is -2.35. The fraction of sp³-hybridized carbons (Fsp3) is 0.484. The smallest absolute Gasteiger partial charge is 0.324 e. The highest BCUT2D eigenvalue weighted by molar-refractivity contribution is 7.92. The Labute approximate surface area is 254 Å². The third-order valence-corrected chi connectivity index (χ3v) is 11.4. The first-order valence-corrected chi connectivity index (χ1v) is 17.6. The van der Waals surface area contributed by atoms with Gasteiger partial charge in [-0.25, -0.2) is 16.8 Å². The summed E-state index contributed by atoms with van der Waals surface area (Å²) in [7, 11) is -11.2. The first-order valence-electron chi connectivity index (χ1n) is 14.6. The Morgan fingerprint density at radius 3 is 1.14 bits per heavy atom. The molecule has 0 aromatic heterocycles. The van der Waals surface area contributed by atoms with E-state index in [2.05, 4.69) is 27.7 Å². The van der Waals surface area contributed by atoms with E-state index < -0.39 is 40.5 Å². The molecule has 44 heavy (non-hydrogen) atoms. The average molecular weight is 667 g/mol. The van der Waals surface area contributed by atoms with Gasteiger partial charge in [0, 0.05) is 0 Å². The molecule has 0 spiro atoms. The summed E-state index contributed by atoms with van der Waals surface area (Å²) in [6, 6.07) is 8.20. The topological polar surface area (TPSA) is 68.3 Å². The number of rotatable bonds is 11. The molecule has 0 saturated heterocycles. The molecule has 0 aliphatic rings. The van der Waals surface area contributed by atoms with Crippen molar-refractivity contribution in [1.29, 1.82) is 0 Å².